The summed E-state index contributed by atoms with van der Waals surface area (Å²) in [5.41, 5.74) is 2.50. The molecule has 2 N–H and O–H groups in total. The van der Waals surface area contributed by atoms with Crippen LogP contribution in [-0.2, 0) is 4.79 Å². The molecule has 1 fully saturated rings. The molecule has 3 aromatic rings. The summed E-state index contributed by atoms with van der Waals surface area (Å²) in [5.74, 6) is 3.27. The van der Waals surface area contributed by atoms with Gasteiger partial charge in [-0.1, -0.05) is 12.0 Å². The number of nitrogens with zero attached hydrogens (tertiary/aromatic N) is 4. The van der Waals surface area contributed by atoms with Crippen molar-refractivity contribution in [3.8, 4) is 12.3 Å². The van der Waals surface area contributed by atoms with E-state index in [1.165, 1.54) is 6.33 Å². The molecule has 0 unspecified atom stereocenters. The fraction of sp³-hybridized carbons (Fsp3) is 0.370. The molecule has 7 heteroatoms. The summed E-state index contributed by atoms with van der Waals surface area (Å²) in [4.78, 5) is 26.8. The van der Waals surface area contributed by atoms with Crippen molar-refractivity contribution in [3.63, 3.8) is 0 Å². The SMILES string of the molecule is C#Cc1cccc(Nc2ncnc3ccc(NC(=O)C(C)(C)N4CCN(C(C)C)CC4)cc23)c1. The lowest BCUT2D eigenvalue weighted by atomic mass is 9.99. The van der Waals surface area contributed by atoms with E-state index in [1.807, 2.05) is 56.3 Å². The minimum atomic E-state index is -0.623. The van der Waals surface area contributed by atoms with Crippen LogP contribution in [0.1, 0.15) is 33.3 Å². The third-order valence-electron chi connectivity index (χ3n) is 6.58. The lowest BCUT2D eigenvalue weighted by molar-refractivity contribution is -0.127. The van der Waals surface area contributed by atoms with Crippen molar-refractivity contribution < 1.29 is 4.79 Å². The highest BCUT2D eigenvalue weighted by molar-refractivity contribution is 6.00. The topological polar surface area (TPSA) is 73.4 Å². The van der Waals surface area contributed by atoms with Gasteiger partial charge in [-0.25, -0.2) is 9.97 Å². The van der Waals surface area contributed by atoms with Crippen LogP contribution in [0.4, 0.5) is 17.2 Å². The molecule has 4 rings (SSSR count). The van der Waals surface area contributed by atoms with Crippen molar-refractivity contribution in [1.82, 2.24) is 19.8 Å². The summed E-state index contributed by atoms with van der Waals surface area (Å²) in [6.07, 6.45) is 7.05. The van der Waals surface area contributed by atoms with Gasteiger partial charge in [0.25, 0.3) is 0 Å². The number of piperazine rings is 1. The number of amides is 1. The normalized spacial score (nSPS) is 15.3. The van der Waals surface area contributed by atoms with E-state index in [0.717, 1.165) is 48.3 Å². The van der Waals surface area contributed by atoms with Crippen molar-refractivity contribution in [1.29, 1.82) is 0 Å². The van der Waals surface area contributed by atoms with Crippen LogP contribution in [0.15, 0.2) is 48.8 Å². The summed E-state index contributed by atoms with van der Waals surface area (Å²) >= 11 is 0. The second-order valence-electron chi connectivity index (χ2n) is 9.43. The fourth-order valence-electron chi connectivity index (χ4n) is 4.28. The van der Waals surface area contributed by atoms with Gasteiger partial charge in [0.2, 0.25) is 5.91 Å². The summed E-state index contributed by atoms with van der Waals surface area (Å²) in [6, 6.07) is 13.8. The third kappa shape index (κ3) is 5.04. The molecule has 0 radical (unpaired) electrons. The summed E-state index contributed by atoms with van der Waals surface area (Å²) < 4.78 is 0. The molecule has 176 valence electrons. The number of hydrogen-bond acceptors (Lipinski definition) is 6. The predicted molar refractivity (Wildman–Crippen MR) is 138 cm³/mol. The molecule has 1 aromatic heterocycles. The molecule has 0 aliphatic carbocycles. The number of anilines is 3. The Morgan fingerprint density at radius 3 is 2.53 bits per heavy atom. The van der Waals surface area contributed by atoms with Crippen LogP contribution in [0.25, 0.3) is 10.9 Å². The van der Waals surface area contributed by atoms with Gasteiger partial charge in [0.1, 0.15) is 12.1 Å². The van der Waals surface area contributed by atoms with Gasteiger partial charge >= 0.3 is 0 Å². The van der Waals surface area contributed by atoms with E-state index in [0.29, 0.717) is 17.5 Å². The number of benzene rings is 2. The number of hydrogen-bond donors (Lipinski definition) is 2. The summed E-state index contributed by atoms with van der Waals surface area (Å²) in [7, 11) is 0. The molecule has 1 amide bonds. The first kappa shape index (κ1) is 23.7. The zero-order chi connectivity index (χ0) is 24.3. The van der Waals surface area contributed by atoms with Crippen LogP contribution < -0.4 is 10.6 Å². The largest absolute Gasteiger partial charge is 0.340 e. The molecule has 2 aromatic carbocycles. The molecular weight excluding hydrogens is 424 g/mol. The number of nitrogens with one attached hydrogen (secondary N) is 2. The van der Waals surface area contributed by atoms with Crippen LogP contribution in [0.2, 0.25) is 0 Å². The maximum absolute atomic E-state index is 13.3. The van der Waals surface area contributed by atoms with E-state index in [-0.39, 0.29) is 5.91 Å². The summed E-state index contributed by atoms with van der Waals surface area (Å²) in [6.45, 7) is 12.1. The molecule has 34 heavy (non-hydrogen) atoms. The molecule has 0 saturated carbocycles. The van der Waals surface area contributed by atoms with Crippen LogP contribution in [0, 0.1) is 12.3 Å². The van der Waals surface area contributed by atoms with E-state index in [2.05, 4.69) is 50.2 Å². The number of fused-ring (bicyclic) bond motifs is 1. The zero-order valence-electron chi connectivity index (χ0n) is 20.3. The Kier molecular flexibility index (Phi) is 6.82. The average molecular weight is 457 g/mol. The first-order chi connectivity index (χ1) is 16.3. The molecule has 2 heterocycles. The van der Waals surface area contributed by atoms with Crippen molar-refractivity contribution in [2.45, 2.75) is 39.3 Å². The van der Waals surface area contributed by atoms with Gasteiger partial charge < -0.3 is 10.6 Å². The second-order valence-corrected chi connectivity index (χ2v) is 9.43. The van der Waals surface area contributed by atoms with Crippen molar-refractivity contribution >= 4 is 34.0 Å². The first-order valence-electron chi connectivity index (χ1n) is 11.7. The number of aromatic nitrogens is 2. The Bertz CT molecular complexity index is 1220. The predicted octanol–water partition coefficient (Wildman–Crippen LogP) is 4.10. The van der Waals surface area contributed by atoms with E-state index in [4.69, 9.17) is 6.42 Å². The number of terminal acetylenes is 1. The van der Waals surface area contributed by atoms with Crippen LogP contribution in [0.5, 0.6) is 0 Å². The summed E-state index contributed by atoms with van der Waals surface area (Å²) in [5, 5.41) is 7.25. The molecule has 7 nitrogen and oxygen atoms in total. The van der Waals surface area contributed by atoms with Crippen molar-refractivity contribution in [2.75, 3.05) is 36.8 Å². The van der Waals surface area contributed by atoms with Gasteiger partial charge in [0.15, 0.2) is 0 Å². The van der Waals surface area contributed by atoms with Crippen LogP contribution in [-0.4, -0.2) is 63.4 Å². The van der Waals surface area contributed by atoms with Gasteiger partial charge in [-0.15, -0.1) is 6.42 Å². The average Bonchev–Trinajstić information content (AvgIpc) is 2.84. The molecule has 0 spiro atoms. The lowest BCUT2D eigenvalue weighted by Gasteiger charge is -2.44. The standard InChI is InChI=1S/C27H32N6O/c1-6-20-8-7-9-21(16-20)30-25-23-17-22(10-11-24(23)28-18-29-25)31-26(34)27(4,5)33-14-12-32(13-15-33)19(2)3/h1,7-11,16-19H,12-15H2,2-5H3,(H,31,34)(H,28,29,30). The Morgan fingerprint density at radius 1 is 1.06 bits per heavy atom. The minimum absolute atomic E-state index is 0.0297. The van der Waals surface area contributed by atoms with Crippen molar-refractivity contribution in [2.24, 2.45) is 0 Å². The molecule has 1 aliphatic rings. The highest BCUT2D eigenvalue weighted by Crippen LogP contribution is 2.27. The molecule has 0 bridgehead atoms. The monoisotopic (exact) mass is 456 g/mol. The fourth-order valence-corrected chi connectivity index (χ4v) is 4.28. The van der Waals surface area contributed by atoms with Gasteiger partial charge in [0, 0.05) is 54.5 Å². The van der Waals surface area contributed by atoms with E-state index in [9.17, 15) is 4.79 Å². The van der Waals surface area contributed by atoms with E-state index in [1.54, 1.807) is 0 Å². The Morgan fingerprint density at radius 2 is 1.82 bits per heavy atom. The Labute approximate surface area is 201 Å². The highest BCUT2D eigenvalue weighted by atomic mass is 16.2. The van der Waals surface area contributed by atoms with Gasteiger partial charge in [-0.2, -0.15) is 0 Å². The minimum Gasteiger partial charge on any atom is -0.340 e. The third-order valence-corrected chi connectivity index (χ3v) is 6.58. The van der Waals surface area contributed by atoms with E-state index < -0.39 is 5.54 Å². The molecular formula is C27H32N6O. The maximum Gasteiger partial charge on any atom is 0.244 e. The smallest absolute Gasteiger partial charge is 0.244 e. The van der Waals surface area contributed by atoms with Gasteiger partial charge in [-0.05, 0) is 64.1 Å². The number of carbonyl (C=O) groups is 1. The Hall–Kier alpha value is -3.47. The second kappa shape index (κ2) is 9.80. The van der Waals surface area contributed by atoms with Crippen LogP contribution in [0.3, 0.4) is 0 Å². The Balaban J connectivity index is 1.52. The molecule has 1 aliphatic heterocycles. The van der Waals surface area contributed by atoms with Gasteiger partial charge in [0.05, 0.1) is 11.1 Å². The zero-order valence-corrected chi connectivity index (χ0v) is 20.3. The quantitative estimate of drug-likeness (QED) is 0.544. The number of rotatable bonds is 6. The molecule has 0 atom stereocenters. The highest BCUT2D eigenvalue weighted by Gasteiger charge is 2.36. The first-order valence-corrected chi connectivity index (χ1v) is 11.7. The molecule has 1 saturated heterocycles. The lowest BCUT2D eigenvalue weighted by Crippen LogP contribution is -2.60. The van der Waals surface area contributed by atoms with E-state index >= 15 is 0 Å². The maximum atomic E-state index is 13.3. The van der Waals surface area contributed by atoms with Crippen molar-refractivity contribution in [3.05, 3.63) is 54.4 Å². The van der Waals surface area contributed by atoms with Gasteiger partial charge in [-0.3, -0.25) is 14.6 Å². The number of carbonyl (C=O) groups excluding carboxylic acids is 1. The van der Waals surface area contributed by atoms with Crippen LogP contribution >= 0.6 is 0 Å².